The lowest BCUT2D eigenvalue weighted by molar-refractivity contribution is -0.617. The topological polar surface area (TPSA) is 21.2 Å². The predicted octanol–water partition coefficient (Wildman–Crippen LogP) is 6.21. The molecule has 150 valence electrons. The third-order valence-corrected chi connectivity index (χ3v) is 6.67. The Kier molecular flexibility index (Phi) is 3.73. The maximum absolute atomic E-state index is 4.95. The molecule has 3 heteroatoms. The third kappa shape index (κ3) is 2.35. The van der Waals surface area contributed by atoms with Crippen molar-refractivity contribution in [3.63, 3.8) is 0 Å². The summed E-state index contributed by atoms with van der Waals surface area (Å²) >= 11 is 0. The van der Waals surface area contributed by atoms with Crippen molar-refractivity contribution in [1.82, 2.24) is 9.38 Å². The van der Waals surface area contributed by atoms with Gasteiger partial charge in [-0.05, 0) is 72.9 Å². The molecule has 0 radical (unpaired) electrons. The summed E-state index contributed by atoms with van der Waals surface area (Å²) in [6.07, 6.45) is 1.94. The number of fused-ring (bicyclic) bond motifs is 8. The number of rotatable bonds is 1. The first kappa shape index (κ1) is 18.1. The molecule has 3 aromatic heterocycles. The molecule has 0 atom stereocenters. The summed E-state index contributed by atoms with van der Waals surface area (Å²) < 4.78 is 4.72. The van der Waals surface area contributed by atoms with Crippen molar-refractivity contribution < 1.29 is 4.57 Å². The molecule has 0 aliphatic carbocycles. The molecular formula is C28H24N3+. The molecule has 0 N–H and O–H groups in total. The molecule has 0 amide bonds. The van der Waals surface area contributed by atoms with Crippen LogP contribution in [-0.2, 0) is 7.05 Å². The summed E-state index contributed by atoms with van der Waals surface area (Å²) in [5.41, 5.74) is 12.3. The molecule has 0 bridgehead atoms. The molecule has 3 aromatic carbocycles. The molecular weight excluding hydrogens is 378 g/mol. The van der Waals surface area contributed by atoms with Crippen LogP contribution in [0.1, 0.15) is 16.7 Å². The summed E-state index contributed by atoms with van der Waals surface area (Å²) in [5, 5.41) is 2.43. The van der Waals surface area contributed by atoms with Gasteiger partial charge < -0.3 is 0 Å². The summed E-state index contributed by atoms with van der Waals surface area (Å²) in [5.74, 6) is 0. The number of hydrogen-bond acceptors (Lipinski definition) is 1. The van der Waals surface area contributed by atoms with E-state index in [1.807, 2.05) is 6.20 Å². The molecule has 0 saturated heterocycles. The van der Waals surface area contributed by atoms with Gasteiger partial charge in [0.1, 0.15) is 5.52 Å². The minimum atomic E-state index is 1.07. The number of aromatic nitrogens is 3. The highest BCUT2D eigenvalue weighted by molar-refractivity contribution is 6.17. The average Bonchev–Trinajstić information content (AvgIpc) is 3.07. The van der Waals surface area contributed by atoms with Gasteiger partial charge in [-0.15, -0.1) is 0 Å². The van der Waals surface area contributed by atoms with Gasteiger partial charge in [0, 0.05) is 6.20 Å². The maximum Gasteiger partial charge on any atom is 0.297 e. The highest BCUT2D eigenvalue weighted by Gasteiger charge is 2.26. The van der Waals surface area contributed by atoms with Gasteiger partial charge in [-0.25, -0.2) is 4.57 Å². The SMILES string of the molecule is Cc1cccc(C)c1-c1cccc2c1c1nccc(C)c1c1n2c2ccccc2[n+]1C. The van der Waals surface area contributed by atoms with E-state index in [0.29, 0.717) is 0 Å². The Morgan fingerprint density at radius 1 is 0.710 bits per heavy atom. The normalized spacial score (nSPS) is 11.9. The first-order valence-electron chi connectivity index (χ1n) is 10.7. The Bertz CT molecular complexity index is 1650. The van der Waals surface area contributed by atoms with Crippen molar-refractivity contribution >= 4 is 38.5 Å². The van der Waals surface area contributed by atoms with Crippen LogP contribution in [-0.4, -0.2) is 9.38 Å². The zero-order valence-electron chi connectivity index (χ0n) is 18.3. The average molecular weight is 403 g/mol. The van der Waals surface area contributed by atoms with Gasteiger partial charge in [0.15, 0.2) is 11.0 Å². The van der Waals surface area contributed by atoms with Crippen LogP contribution in [0, 0.1) is 20.8 Å². The van der Waals surface area contributed by atoms with Crippen LogP contribution in [0.4, 0.5) is 0 Å². The van der Waals surface area contributed by atoms with Crippen LogP contribution in [0.5, 0.6) is 0 Å². The van der Waals surface area contributed by atoms with Gasteiger partial charge >= 0.3 is 0 Å². The van der Waals surface area contributed by atoms with Crippen molar-refractivity contribution in [2.45, 2.75) is 20.8 Å². The number of nitrogens with zero attached hydrogens (tertiary/aromatic N) is 3. The molecule has 0 unspecified atom stereocenters. The lowest BCUT2D eigenvalue weighted by Gasteiger charge is -2.14. The fourth-order valence-electron chi connectivity index (χ4n) is 5.29. The van der Waals surface area contributed by atoms with Gasteiger partial charge in [-0.3, -0.25) is 4.98 Å². The Hall–Kier alpha value is -3.72. The number of para-hydroxylation sites is 2. The molecule has 0 spiro atoms. The largest absolute Gasteiger partial charge is 0.297 e. The van der Waals surface area contributed by atoms with Crippen LogP contribution < -0.4 is 4.57 Å². The summed E-state index contributed by atoms with van der Waals surface area (Å²) in [6, 6.07) is 24.0. The lowest BCUT2D eigenvalue weighted by atomic mass is 9.91. The number of pyridine rings is 2. The highest BCUT2D eigenvalue weighted by Crippen LogP contribution is 2.39. The fraction of sp³-hybridized carbons (Fsp3) is 0.143. The molecule has 0 saturated carbocycles. The van der Waals surface area contributed by atoms with Crippen molar-refractivity contribution in [3.05, 3.63) is 89.6 Å². The molecule has 0 aliphatic rings. The second kappa shape index (κ2) is 6.39. The summed E-state index contributed by atoms with van der Waals surface area (Å²) in [6.45, 7) is 6.59. The van der Waals surface area contributed by atoms with Gasteiger partial charge in [0.05, 0.1) is 23.3 Å². The molecule has 0 fully saturated rings. The third-order valence-electron chi connectivity index (χ3n) is 6.67. The minimum absolute atomic E-state index is 1.07. The van der Waals surface area contributed by atoms with E-state index in [4.69, 9.17) is 4.98 Å². The van der Waals surface area contributed by atoms with E-state index in [-0.39, 0.29) is 0 Å². The van der Waals surface area contributed by atoms with Crippen molar-refractivity contribution in [2.24, 2.45) is 7.05 Å². The first-order valence-corrected chi connectivity index (χ1v) is 10.7. The van der Waals surface area contributed by atoms with Crippen LogP contribution in [0.2, 0.25) is 0 Å². The van der Waals surface area contributed by atoms with E-state index in [1.165, 1.54) is 60.8 Å². The standard InChI is InChI=1S/C28H24N3/c1-17-9-7-10-18(2)24(17)20-11-8-14-23-26(20)27-25(19(3)15-16-29-27)28-30(4)21-12-5-6-13-22(21)31(23)28/h5-16H,1-4H3/q+1. The van der Waals surface area contributed by atoms with Crippen LogP contribution in [0.3, 0.4) is 0 Å². The Morgan fingerprint density at radius 3 is 2.23 bits per heavy atom. The predicted molar refractivity (Wildman–Crippen MR) is 129 cm³/mol. The maximum atomic E-state index is 4.95. The Morgan fingerprint density at radius 2 is 1.42 bits per heavy atom. The number of aryl methyl sites for hydroxylation is 4. The first-order chi connectivity index (χ1) is 15.1. The minimum Gasteiger partial charge on any atom is -0.255 e. The van der Waals surface area contributed by atoms with Crippen molar-refractivity contribution in [3.8, 4) is 11.1 Å². The van der Waals surface area contributed by atoms with E-state index >= 15 is 0 Å². The second-order valence-corrected chi connectivity index (χ2v) is 8.52. The Labute approximate surface area is 181 Å². The van der Waals surface area contributed by atoms with Gasteiger partial charge in [-0.2, -0.15) is 4.40 Å². The van der Waals surface area contributed by atoms with Crippen molar-refractivity contribution in [2.75, 3.05) is 0 Å². The molecule has 0 aliphatic heterocycles. The van der Waals surface area contributed by atoms with Gasteiger partial charge in [0.25, 0.3) is 5.65 Å². The molecule has 31 heavy (non-hydrogen) atoms. The quantitative estimate of drug-likeness (QED) is 0.237. The van der Waals surface area contributed by atoms with E-state index in [9.17, 15) is 0 Å². The lowest BCUT2D eigenvalue weighted by Crippen LogP contribution is -2.27. The zero-order chi connectivity index (χ0) is 21.3. The fourth-order valence-corrected chi connectivity index (χ4v) is 5.29. The van der Waals surface area contributed by atoms with Crippen LogP contribution >= 0.6 is 0 Å². The van der Waals surface area contributed by atoms with Gasteiger partial charge in [0.2, 0.25) is 0 Å². The number of benzene rings is 3. The zero-order valence-corrected chi connectivity index (χ0v) is 18.3. The van der Waals surface area contributed by atoms with Crippen LogP contribution in [0.15, 0.2) is 72.9 Å². The molecule has 3 nitrogen and oxygen atoms in total. The Balaban J connectivity index is 1.99. The second-order valence-electron chi connectivity index (χ2n) is 8.52. The number of imidazole rings is 1. The van der Waals surface area contributed by atoms with Crippen LogP contribution in [0.25, 0.3) is 49.6 Å². The van der Waals surface area contributed by atoms with E-state index < -0.39 is 0 Å². The monoisotopic (exact) mass is 402 g/mol. The molecule has 6 rings (SSSR count). The van der Waals surface area contributed by atoms with E-state index in [0.717, 1.165) is 5.52 Å². The van der Waals surface area contributed by atoms with E-state index in [2.05, 4.69) is 104 Å². The summed E-state index contributed by atoms with van der Waals surface area (Å²) in [4.78, 5) is 4.95. The van der Waals surface area contributed by atoms with E-state index in [1.54, 1.807) is 0 Å². The number of hydrogen-bond donors (Lipinski definition) is 0. The highest BCUT2D eigenvalue weighted by atomic mass is 15.1. The smallest absolute Gasteiger partial charge is 0.255 e. The molecule has 3 heterocycles. The van der Waals surface area contributed by atoms with Gasteiger partial charge in [-0.1, -0.05) is 42.5 Å². The molecule has 6 aromatic rings. The summed E-state index contributed by atoms with van der Waals surface area (Å²) in [7, 11) is 2.16. The van der Waals surface area contributed by atoms with Crippen molar-refractivity contribution in [1.29, 1.82) is 0 Å².